The molecule has 176 valence electrons. The molecule has 3 aromatic rings. The molecule has 1 N–H and O–H groups in total. The average Bonchev–Trinajstić information content (AvgIpc) is 3.35. The summed E-state index contributed by atoms with van der Waals surface area (Å²) in [5.74, 6) is -3.85. The van der Waals surface area contributed by atoms with Crippen molar-refractivity contribution in [2.24, 2.45) is 5.92 Å². The number of carbonyl (C=O) groups excluding carboxylic acids is 2. The Hall–Kier alpha value is -1.89. The van der Waals surface area contributed by atoms with E-state index < -0.39 is 39.5 Å². The smallest absolute Gasteiger partial charge is 0.231 e. The van der Waals surface area contributed by atoms with E-state index in [1.54, 1.807) is 18.2 Å². The second-order valence-corrected chi connectivity index (χ2v) is 10.5. The molecule has 2 atom stereocenters. The lowest BCUT2D eigenvalue weighted by molar-refractivity contribution is -0.117. The first-order chi connectivity index (χ1) is 16.0. The third-order valence-corrected chi connectivity index (χ3v) is 7.55. The standard InChI is InChI=1S/C24H14Cl5F2NO2/c25-16-6-4-14(10-15(16)20(33)8-11-1-3-13(30)9-19(11)31)32-23(34)22-21(24(22,28)29)12-2-5-17(26)18(27)7-12/h1-7,9-10,21-22H,8H2,(H,32,34)/t21-,22+/m1/s1. The van der Waals surface area contributed by atoms with Crippen molar-refractivity contribution in [2.45, 2.75) is 16.7 Å². The summed E-state index contributed by atoms with van der Waals surface area (Å²) in [6, 6.07) is 12.2. The maximum absolute atomic E-state index is 13.9. The van der Waals surface area contributed by atoms with E-state index >= 15 is 0 Å². The molecule has 10 heteroatoms. The minimum absolute atomic E-state index is 0.0217. The van der Waals surface area contributed by atoms with Crippen LogP contribution in [-0.4, -0.2) is 16.0 Å². The number of hydrogen-bond acceptors (Lipinski definition) is 2. The quantitative estimate of drug-likeness (QED) is 0.245. The number of Topliss-reactive ketones (excluding diaryl/α,β-unsaturated/α-hetero) is 1. The van der Waals surface area contributed by atoms with Crippen LogP contribution in [0.5, 0.6) is 0 Å². The number of carbonyl (C=O) groups is 2. The molecule has 3 nitrogen and oxygen atoms in total. The van der Waals surface area contributed by atoms with Crippen molar-refractivity contribution in [1.82, 2.24) is 0 Å². The number of anilines is 1. The van der Waals surface area contributed by atoms with Crippen molar-refractivity contribution in [3.63, 3.8) is 0 Å². The van der Waals surface area contributed by atoms with Crippen LogP contribution >= 0.6 is 58.0 Å². The van der Waals surface area contributed by atoms with Crippen molar-refractivity contribution >= 4 is 75.4 Å². The van der Waals surface area contributed by atoms with Crippen LogP contribution in [0.3, 0.4) is 0 Å². The number of halogens is 7. The molecule has 0 aliphatic heterocycles. The number of alkyl halides is 2. The van der Waals surface area contributed by atoms with Gasteiger partial charge in [0, 0.05) is 29.7 Å². The van der Waals surface area contributed by atoms with E-state index in [9.17, 15) is 18.4 Å². The average molecular weight is 564 g/mol. The third kappa shape index (κ3) is 5.05. The molecule has 1 aliphatic rings. The van der Waals surface area contributed by atoms with E-state index in [0.717, 1.165) is 6.07 Å². The van der Waals surface area contributed by atoms with Gasteiger partial charge >= 0.3 is 0 Å². The minimum atomic E-state index is -1.35. The van der Waals surface area contributed by atoms with Gasteiger partial charge in [-0.25, -0.2) is 8.78 Å². The highest BCUT2D eigenvalue weighted by Gasteiger charge is 2.67. The van der Waals surface area contributed by atoms with Gasteiger partial charge in [0.25, 0.3) is 0 Å². The van der Waals surface area contributed by atoms with Gasteiger partial charge in [0.2, 0.25) is 5.91 Å². The Balaban J connectivity index is 1.51. The fourth-order valence-electron chi connectivity index (χ4n) is 3.74. The molecular weight excluding hydrogens is 550 g/mol. The molecule has 0 spiro atoms. The number of hydrogen-bond donors (Lipinski definition) is 1. The van der Waals surface area contributed by atoms with Crippen LogP contribution in [0.15, 0.2) is 54.6 Å². The maximum Gasteiger partial charge on any atom is 0.231 e. The van der Waals surface area contributed by atoms with Crippen LogP contribution in [0, 0.1) is 17.6 Å². The van der Waals surface area contributed by atoms with E-state index in [0.29, 0.717) is 21.7 Å². The van der Waals surface area contributed by atoms with Crippen molar-refractivity contribution in [3.05, 3.63) is 98.0 Å². The van der Waals surface area contributed by atoms with Gasteiger partial charge in [-0.1, -0.05) is 46.9 Å². The molecule has 0 bridgehead atoms. The molecule has 3 aromatic carbocycles. The third-order valence-electron chi connectivity index (χ3n) is 5.54. The molecule has 1 saturated carbocycles. The molecule has 0 aromatic heterocycles. The predicted molar refractivity (Wildman–Crippen MR) is 132 cm³/mol. The topological polar surface area (TPSA) is 46.2 Å². The molecule has 0 heterocycles. The van der Waals surface area contributed by atoms with Gasteiger partial charge in [-0.3, -0.25) is 9.59 Å². The van der Waals surface area contributed by atoms with Crippen LogP contribution in [0.2, 0.25) is 15.1 Å². The monoisotopic (exact) mass is 561 g/mol. The summed E-state index contributed by atoms with van der Waals surface area (Å²) in [6.45, 7) is 0. The largest absolute Gasteiger partial charge is 0.326 e. The SMILES string of the molecule is O=C(Cc1ccc(F)cc1F)c1cc(NC(=O)[C@@H]2[C@@H](c3ccc(Cl)c(Cl)c3)C2(Cl)Cl)ccc1Cl. The highest BCUT2D eigenvalue weighted by Crippen LogP contribution is 2.65. The summed E-state index contributed by atoms with van der Waals surface area (Å²) in [5, 5.41) is 3.48. The molecule has 0 saturated heterocycles. The summed E-state index contributed by atoms with van der Waals surface area (Å²) in [6.07, 6.45) is -0.336. The van der Waals surface area contributed by atoms with Gasteiger partial charge in [0.05, 0.1) is 21.0 Å². The van der Waals surface area contributed by atoms with Crippen LogP contribution in [0.25, 0.3) is 0 Å². The fraction of sp³-hybridized carbons (Fsp3) is 0.167. The number of rotatable bonds is 6. The zero-order valence-corrected chi connectivity index (χ0v) is 20.8. The van der Waals surface area contributed by atoms with E-state index in [2.05, 4.69) is 5.32 Å². The van der Waals surface area contributed by atoms with Crippen molar-refractivity contribution < 1.29 is 18.4 Å². The Labute approximate surface area is 218 Å². The van der Waals surface area contributed by atoms with Crippen molar-refractivity contribution in [1.29, 1.82) is 0 Å². The van der Waals surface area contributed by atoms with Crippen LogP contribution in [-0.2, 0) is 11.2 Å². The summed E-state index contributed by atoms with van der Waals surface area (Å²) >= 11 is 30.9. The molecule has 0 radical (unpaired) electrons. The Morgan fingerprint density at radius 3 is 2.26 bits per heavy atom. The van der Waals surface area contributed by atoms with Gasteiger partial charge in [0.15, 0.2) is 5.78 Å². The Kier molecular flexibility index (Phi) is 7.14. The van der Waals surface area contributed by atoms with Gasteiger partial charge in [0.1, 0.15) is 16.0 Å². The van der Waals surface area contributed by atoms with Crippen molar-refractivity contribution in [3.8, 4) is 0 Å². The molecule has 4 rings (SSSR count). The Bertz CT molecular complexity index is 1310. The predicted octanol–water partition coefficient (Wildman–Crippen LogP) is 7.88. The number of ketones is 1. The van der Waals surface area contributed by atoms with Gasteiger partial charge in [-0.05, 0) is 47.5 Å². The normalized spacial score (nSPS) is 18.4. The number of amides is 1. The zero-order chi connectivity index (χ0) is 24.8. The molecule has 0 unspecified atom stereocenters. The van der Waals surface area contributed by atoms with E-state index in [1.165, 1.54) is 24.3 Å². The minimum Gasteiger partial charge on any atom is -0.326 e. The van der Waals surface area contributed by atoms with E-state index in [1.807, 2.05) is 0 Å². The maximum atomic E-state index is 13.9. The second-order valence-electron chi connectivity index (χ2n) is 7.82. The summed E-state index contributed by atoms with van der Waals surface area (Å²) < 4.78 is 25.7. The zero-order valence-electron chi connectivity index (χ0n) is 17.0. The van der Waals surface area contributed by atoms with Crippen LogP contribution < -0.4 is 5.32 Å². The van der Waals surface area contributed by atoms with E-state index in [-0.39, 0.29) is 28.3 Å². The fourth-order valence-corrected chi connectivity index (χ4v) is 5.10. The Morgan fingerprint density at radius 2 is 1.59 bits per heavy atom. The lowest BCUT2D eigenvalue weighted by Gasteiger charge is -2.10. The highest BCUT2D eigenvalue weighted by atomic mass is 35.5. The number of benzene rings is 3. The van der Waals surface area contributed by atoms with E-state index in [4.69, 9.17) is 58.0 Å². The van der Waals surface area contributed by atoms with Crippen LogP contribution in [0.1, 0.15) is 27.4 Å². The lowest BCUT2D eigenvalue weighted by Crippen LogP contribution is -2.17. The summed E-state index contributed by atoms with van der Waals surface area (Å²) in [7, 11) is 0. The molecule has 1 amide bonds. The van der Waals surface area contributed by atoms with Gasteiger partial charge < -0.3 is 5.32 Å². The lowest BCUT2D eigenvalue weighted by atomic mass is 10.0. The Morgan fingerprint density at radius 1 is 0.882 bits per heavy atom. The molecule has 34 heavy (non-hydrogen) atoms. The second kappa shape index (κ2) is 9.63. The van der Waals surface area contributed by atoms with Gasteiger partial charge in [-0.2, -0.15) is 0 Å². The number of nitrogens with one attached hydrogen (secondary N) is 1. The summed E-state index contributed by atoms with van der Waals surface area (Å²) in [5.41, 5.74) is 1.03. The first-order valence-electron chi connectivity index (χ1n) is 9.89. The first-order valence-corrected chi connectivity index (χ1v) is 11.8. The first kappa shape index (κ1) is 25.2. The van der Waals surface area contributed by atoms with Crippen molar-refractivity contribution in [2.75, 3.05) is 5.32 Å². The summed E-state index contributed by atoms with van der Waals surface area (Å²) in [4.78, 5) is 25.7. The van der Waals surface area contributed by atoms with Crippen LogP contribution in [0.4, 0.5) is 14.5 Å². The molecular formula is C24H14Cl5F2NO2. The van der Waals surface area contributed by atoms with Gasteiger partial charge in [-0.15, -0.1) is 23.2 Å². The molecule has 1 fully saturated rings. The molecule has 1 aliphatic carbocycles. The highest BCUT2D eigenvalue weighted by molar-refractivity contribution is 6.53.